The van der Waals surface area contributed by atoms with Gasteiger partial charge in [-0.15, -0.1) is 0 Å². The average Bonchev–Trinajstić information content (AvgIpc) is 2.75. The molecular formula is C13H19NO4S2. The smallest absolute Gasteiger partial charge is 0.318 e. The minimum absolute atomic E-state index is 0.306. The monoisotopic (exact) mass is 317 g/mol. The van der Waals surface area contributed by atoms with E-state index in [1.807, 2.05) is 6.92 Å². The lowest BCUT2D eigenvalue weighted by atomic mass is 9.93. The molecule has 0 spiro atoms. The van der Waals surface area contributed by atoms with Crippen LogP contribution in [0.2, 0.25) is 0 Å². The lowest BCUT2D eigenvalue weighted by Gasteiger charge is -2.23. The summed E-state index contributed by atoms with van der Waals surface area (Å²) in [6.07, 6.45) is 1.60. The second-order valence-corrected chi connectivity index (χ2v) is 7.17. The van der Waals surface area contributed by atoms with Gasteiger partial charge in [0.05, 0.1) is 25.2 Å². The van der Waals surface area contributed by atoms with Gasteiger partial charge in [-0.25, -0.2) is 0 Å². The van der Waals surface area contributed by atoms with E-state index in [2.05, 4.69) is 0 Å². The number of thioether (sulfide) groups is 1. The summed E-state index contributed by atoms with van der Waals surface area (Å²) in [7, 11) is -0.957. The molecule has 2 N–H and O–H groups in total. The summed E-state index contributed by atoms with van der Waals surface area (Å²) in [4.78, 5) is 13.9. The molecule has 0 saturated carbocycles. The highest BCUT2D eigenvalue weighted by Crippen LogP contribution is 2.48. The second kappa shape index (κ2) is 6.78. The summed E-state index contributed by atoms with van der Waals surface area (Å²) in [5.74, 6) is 0.0671. The highest BCUT2D eigenvalue weighted by atomic mass is 32.2. The quantitative estimate of drug-likeness (QED) is 0.619. The predicted molar refractivity (Wildman–Crippen MR) is 80.3 cm³/mol. The Morgan fingerprint density at radius 2 is 2.25 bits per heavy atom. The molecule has 0 aromatic rings. The fraction of sp³-hybridized carbons (Fsp3) is 0.615. The van der Waals surface area contributed by atoms with Crippen molar-refractivity contribution in [2.45, 2.75) is 19.9 Å². The number of carbonyl (C=O) groups is 1. The highest BCUT2D eigenvalue weighted by molar-refractivity contribution is 8.08. The Morgan fingerprint density at radius 3 is 2.90 bits per heavy atom. The molecule has 0 amide bonds. The Bertz CT molecular complexity index is 487. The molecule has 0 aliphatic carbocycles. The maximum Gasteiger partial charge on any atom is 0.318 e. The molecule has 3 atom stereocenters. The molecule has 0 saturated heterocycles. The van der Waals surface area contributed by atoms with Crippen molar-refractivity contribution < 1.29 is 18.5 Å². The van der Waals surface area contributed by atoms with Crippen LogP contribution in [0.25, 0.3) is 0 Å². The zero-order chi connectivity index (χ0) is 14.7. The standard InChI is InChI=1S/C13H19NO4S2/c1-3-17-5-9-12(13(15)18-4-2)11-8(14)6-20(16)7-10(11)19-9/h5,8,12H,3-4,6-7,14H2,1-2H3. The van der Waals surface area contributed by atoms with E-state index in [4.69, 9.17) is 15.2 Å². The van der Waals surface area contributed by atoms with Gasteiger partial charge in [-0.2, -0.15) is 0 Å². The molecule has 0 fully saturated rings. The van der Waals surface area contributed by atoms with Crippen LogP contribution in [0.15, 0.2) is 21.6 Å². The van der Waals surface area contributed by atoms with Gasteiger partial charge in [0.25, 0.3) is 0 Å². The van der Waals surface area contributed by atoms with E-state index < -0.39 is 16.7 Å². The van der Waals surface area contributed by atoms with E-state index in [1.54, 1.807) is 13.2 Å². The average molecular weight is 317 g/mol. The van der Waals surface area contributed by atoms with E-state index in [0.717, 1.165) is 15.4 Å². The van der Waals surface area contributed by atoms with Crippen LogP contribution in [-0.2, 0) is 25.1 Å². The van der Waals surface area contributed by atoms with Crippen LogP contribution >= 0.6 is 11.8 Å². The van der Waals surface area contributed by atoms with Gasteiger partial charge < -0.3 is 15.2 Å². The molecule has 7 heteroatoms. The van der Waals surface area contributed by atoms with Crippen LogP contribution in [0, 0.1) is 5.92 Å². The number of rotatable bonds is 4. The number of carbonyl (C=O) groups excluding carboxylic acids is 1. The number of hydrogen-bond donors (Lipinski definition) is 1. The van der Waals surface area contributed by atoms with Crippen LogP contribution in [0.3, 0.4) is 0 Å². The minimum atomic E-state index is -0.957. The highest BCUT2D eigenvalue weighted by Gasteiger charge is 2.43. The van der Waals surface area contributed by atoms with E-state index in [9.17, 15) is 9.00 Å². The maximum absolute atomic E-state index is 12.2. The molecule has 2 aliphatic rings. The van der Waals surface area contributed by atoms with Gasteiger partial charge >= 0.3 is 5.97 Å². The normalized spacial score (nSPS) is 31.4. The van der Waals surface area contributed by atoms with Crippen molar-refractivity contribution in [1.29, 1.82) is 0 Å². The summed E-state index contributed by atoms with van der Waals surface area (Å²) < 4.78 is 22.2. The van der Waals surface area contributed by atoms with Crippen LogP contribution in [0.1, 0.15) is 13.8 Å². The topological polar surface area (TPSA) is 78.6 Å². The van der Waals surface area contributed by atoms with E-state index in [0.29, 0.717) is 24.7 Å². The first-order valence-corrected chi connectivity index (χ1v) is 8.88. The third-order valence-electron chi connectivity index (χ3n) is 3.10. The Labute approximate surface area is 125 Å². The van der Waals surface area contributed by atoms with Crippen LogP contribution < -0.4 is 5.73 Å². The van der Waals surface area contributed by atoms with Gasteiger partial charge in [0.15, 0.2) is 0 Å². The van der Waals surface area contributed by atoms with Gasteiger partial charge in [-0.3, -0.25) is 9.00 Å². The Hall–Kier alpha value is -0.790. The van der Waals surface area contributed by atoms with Gasteiger partial charge in [0.1, 0.15) is 5.92 Å². The first kappa shape index (κ1) is 15.6. The summed E-state index contributed by atoms with van der Waals surface area (Å²) in [6.45, 7) is 4.51. The molecule has 0 bridgehead atoms. The van der Waals surface area contributed by atoms with Crippen LogP contribution in [0.4, 0.5) is 0 Å². The van der Waals surface area contributed by atoms with Crippen molar-refractivity contribution in [2.75, 3.05) is 24.7 Å². The molecule has 112 valence electrons. The zero-order valence-corrected chi connectivity index (χ0v) is 13.2. The largest absolute Gasteiger partial charge is 0.501 e. The van der Waals surface area contributed by atoms with Crippen molar-refractivity contribution in [3.05, 3.63) is 21.6 Å². The first-order chi connectivity index (χ1) is 9.58. The summed E-state index contributed by atoms with van der Waals surface area (Å²) in [6, 6.07) is -0.353. The first-order valence-electron chi connectivity index (χ1n) is 6.58. The fourth-order valence-corrected chi connectivity index (χ4v) is 5.25. The Balaban J connectivity index is 2.33. The van der Waals surface area contributed by atoms with Crippen LogP contribution in [-0.4, -0.2) is 40.9 Å². The van der Waals surface area contributed by atoms with Gasteiger partial charge in [-0.1, -0.05) is 11.8 Å². The van der Waals surface area contributed by atoms with Crippen LogP contribution in [0.5, 0.6) is 0 Å². The van der Waals surface area contributed by atoms with Crippen molar-refractivity contribution in [2.24, 2.45) is 11.7 Å². The molecule has 2 heterocycles. The number of nitrogens with two attached hydrogens (primary N) is 1. The van der Waals surface area contributed by atoms with Gasteiger partial charge in [-0.05, 0) is 19.4 Å². The molecule has 0 radical (unpaired) electrons. The SMILES string of the molecule is CCOC=C1SC2=C(C(N)CS(=O)C2)C1C(=O)OCC. The molecule has 2 rings (SSSR count). The summed E-state index contributed by atoms with van der Waals surface area (Å²) >= 11 is 1.45. The summed E-state index contributed by atoms with van der Waals surface area (Å²) in [5.41, 5.74) is 6.95. The molecule has 3 unspecified atom stereocenters. The van der Waals surface area contributed by atoms with E-state index in [-0.39, 0.29) is 12.0 Å². The maximum atomic E-state index is 12.2. The zero-order valence-electron chi connectivity index (χ0n) is 11.6. The van der Waals surface area contributed by atoms with Crippen molar-refractivity contribution >= 4 is 28.5 Å². The van der Waals surface area contributed by atoms with E-state index in [1.165, 1.54) is 11.8 Å². The predicted octanol–water partition coefficient (Wildman–Crippen LogP) is 1.13. The fourth-order valence-electron chi connectivity index (χ4n) is 2.33. The van der Waals surface area contributed by atoms with Crippen molar-refractivity contribution in [3.8, 4) is 0 Å². The lowest BCUT2D eigenvalue weighted by Crippen LogP contribution is -2.38. The Kier molecular flexibility index (Phi) is 5.29. The molecule has 5 nitrogen and oxygen atoms in total. The van der Waals surface area contributed by atoms with Gasteiger partial charge in [0, 0.05) is 32.4 Å². The van der Waals surface area contributed by atoms with E-state index >= 15 is 0 Å². The number of esters is 1. The molecular weight excluding hydrogens is 298 g/mol. The molecule has 0 aromatic heterocycles. The van der Waals surface area contributed by atoms with Gasteiger partial charge in [0.2, 0.25) is 0 Å². The third-order valence-corrected chi connectivity index (χ3v) is 5.82. The summed E-state index contributed by atoms with van der Waals surface area (Å²) in [5, 5.41) is 0. The number of ether oxygens (including phenoxy) is 2. The minimum Gasteiger partial charge on any atom is -0.501 e. The van der Waals surface area contributed by atoms with Crippen molar-refractivity contribution in [3.63, 3.8) is 0 Å². The molecule has 2 aliphatic heterocycles. The third kappa shape index (κ3) is 3.10. The van der Waals surface area contributed by atoms with Crippen molar-refractivity contribution in [1.82, 2.24) is 0 Å². The molecule has 20 heavy (non-hydrogen) atoms. The number of hydrogen-bond acceptors (Lipinski definition) is 6. The molecule has 0 aromatic carbocycles. The Morgan fingerprint density at radius 1 is 1.50 bits per heavy atom. The lowest BCUT2D eigenvalue weighted by molar-refractivity contribution is -0.145. The second-order valence-electron chi connectivity index (χ2n) is 4.50.